The quantitative estimate of drug-likeness (QED) is 0.772. The maximum Gasteiger partial charge on any atom is 0.237 e. The number of benzene rings is 1. The maximum absolute atomic E-state index is 12.5. The highest BCUT2D eigenvalue weighted by molar-refractivity contribution is 6.22. The molecule has 0 N–H and O–H groups in total. The molecular weight excluding hydrogens is 250 g/mol. The number of anilines is 1. The summed E-state index contributed by atoms with van der Waals surface area (Å²) >= 11 is 0. The molecule has 0 bridgehead atoms. The second kappa shape index (κ2) is 5.04. The van der Waals surface area contributed by atoms with Gasteiger partial charge in [0.25, 0.3) is 0 Å². The molecule has 0 aromatic heterocycles. The van der Waals surface area contributed by atoms with Gasteiger partial charge in [0.2, 0.25) is 11.8 Å². The van der Waals surface area contributed by atoms with Crippen molar-refractivity contribution < 1.29 is 9.59 Å². The van der Waals surface area contributed by atoms with E-state index in [0.717, 1.165) is 31.4 Å². The van der Waals surface area contributed by atoms with Gasteiger partial charge in [0.1, 0.15) is 0 Å². The topological polar surface area (TPSA) is 37.4 Å². The molecule has 1 aromatic rings. The van der Waals surface area contributed by atoms with E-state index in [1.165, 1.54) is 10.5 Å². The van der Waals surface area contributed by atoms with E-state index in [1.54, 1.807) is 0 Å². The summed E-state index contributed by atoms with van der Waals surface area (Å²) in [5.41, 5.74) is 1.96. The number of amides is 2. The Bertz CT molecular complexity index is 508. The van der Waals surface area contributed by atoms with Crippen molar-refractivity contribution >= 4 is 17.5 Å². The molecule has 20 heavy (non-hydrogen) atoms. The van der Waals surface area contributed by atoms with Crippen molar-refractivity contribution in [3.63, 3.8) is 0 Å². The average molecular weight is 271 g/mol. The summed E-state index contributed by atoms with van der Waals surface area (Å²) in [5.74, 6) is 0.340. The summed E-state index contributed by atoms with van der Waals surface area (Å²) in [6.45, 7) is 4.27. The molecule has 3 rings (SSSR count). The number of hydrogen-bond acceptors (Lipinski definition) is 2. The van der Waals surface area contributed by atoms with Crippen molar-refractivity contribution in [2.75, 3.05) is 4.90 Å². The molecule has 1 heterocycles. The number of nitrogens with zero attached hydrogens (tertiary/aromatic N) is 1. The summed E-state index contributed by atoms with van der Waals surface area (Å²) in [4.78, 5) is 26.4. The molecule has 1 aliphatic carbocycles. The van der Waals surface area contributed by atoms with Crippen LogP contribution in [0.4, 0.5) is 5.69 Å². The van der Waals surface area contributed by atoms with Gasteiger partial charge >= 0.3 is 0 Å². The van der Waals surface area contributed by atoms with Crippen molar-refractivity contribution in [2.24, 2.45) is 11.8 Å². The van der Waals surface area contributed by atoms with Crippen LogP contribution >= 0.6 is 0 Å². The fourth-order valence-corrected chi connectivity index (χ4v) is 3.43. The molecule has 3 heteroatoms. The van der Waals surface area contributed by atoms with Crippen LogP contribution in [0.25, 0.3) is 0 Å². The Morgan fingerprint density at radius 2 is 1.45 bits per heavy atom. The molecule has 1 saturated carbocycles. The molecule has 1 saturated heterocycles. The third-order valence-electron chi connectivity index (χ3n) is 4.66. The molecule has 106 valence electrons. The van der Waals surface area contributed by atoms with E-state index < -0.39 is 0 Å². The van der Waals surface area contributed by atoms with Crippen molar-refractivity contribution in [3.8, 4) is 0 Å². The minimum Gasteiger partial charge on any atom is -0.274 e. The zero-order chi connectivity index (χ0) is 14.3. The zero-order valence-electron chi connectivity index (χ0n) is 12.1. The Kier molecular flexibility index (Phi) is 3.36. The van der Waals surface area contributed by atoms with E-state index in [-0.39, 0.29) is 23.7 Å². The van der Waals surface area contributed by atoms with Crippen LogP contribution in [0.3, 0.4) is 0 Å². The third-order valence-corrected chi connectivity index (χ3v) is 4.66. The first-order valence-electron chi connectivity index (χ1n) is 7.57. The van der Waals surface area contributed by atoms with Crippen LogP contribution in [0.5, 0.6) is 0 Å². The highest BCUT2D eigenvalue weighted by Gasteiger charge is 2.48. The van der Waals surface area contributed by atoms with E-state index in [2.05, 4.69) is 13.8 Å². The molecule has 3 nitrogen and oxygen atoms in total. The predicted octanol–water partition coefficient (Wildman–Crippen LogP) is 3.49. The third kappa shape index (κ3) is 2.05. The van der Waals surface area contributed by atoms with Crippen LogP contribution in [0.15, 0.2) is 24.3 Å². The summed E-state index contributed by atoms with van der Waals surface area (Å²) in [7, 11) is 0. The van der Waals surface area contributed by atoms with Crippen LogP contribution in [0.1, 0.15) is 51.0 Å². The predicted molar refractivity (Wildman–Crippen MR) is 78.5 cm³/mol. The van der Waals surface area contributed by atoms with Crippen molar-refractivity contribution in [1.82, 2.24) is 0 Å². The number of hydrogen-bond donors (Lipinski definition) is 0. The van der Waals surface area contributed by atoms with Crippen LogP contribution in [-0.2, 0) is 9.59 Å². The smallest absolute Gasteiger partial charge is 0.237 e. The standard InChI is InChI=1S/C17H21NO2/c1-11(2)12-7-9-13(10-8-12)18-16(19)14-5-3-4-6-15(14)17(18)20/h7-11,14-15H,3-6H2,1-2H3. The van der Waals surface area contributed by atoms with E-state index in [0.29, 0.717) is 5.92 Å². The van der Waals surface area contributed by atoms with Crippen molar-refractivity contribution in [1.29, 1.82) is 0 Å². The SMILES string of the molecule is CC(C)c1ccc(N2C(=O)C3CCCCC3C2=O)cc1. The monoisotopic (exact) mass is 271 g/mol. The Hall–Kier alpha value is -1.64. The van der Waals surface area contributed by atoms with E-state index >= 15 is 0 Å². The number of imide groups is 1. The van der Waals surface area contributed by atoms with Crippen LogP contribution in [-0.4, -0.2) is 11.8 Å². The van der Waals surface area contributed by atoms with Crippen molar-refractivity contribution in [2.45, 2.75) is 45.4 Å². The minimum absolute atomic E-state index is 0.0111. The normalized spacial score (nSPS) is 26.2. The second-order valence-electron chi connectivity index (χ2n) is 6.26. The molecule has 2 amide bonds. The van der Waals surface area contributed by atoms with Crippen LogP contribution in [0, 0.1) is 11.8 Å². The molecule has 2 unspecified atom stereocenters. The first kappa shape index (κ1) is 13.3. The van der Waals surface area contributed by atoms with Gasteiger partial charge in [0.05, 0.1) is 17.5 Å². The van der Waals surface area contributed by atoms with Crippen LogP contribution in [0.2, 0.25) is 0 Å². The molecule has 1 aromatic carbocycles. The molecule has 2 atom stereocenters. The Balaban J connectivity index is 1.89. The van der Waals surface area contributed by atoms with E-state index in [4.69, 9.17) is 0 Å². The lowest BCUT2D eigenvalue weighted by Gasteiger charge is -2.19. The van der Waals surface area contributed by atoms with Gasteiger partial charge in [-0.15, -0.1) is 0 Å². The molecule has 1 aliphatic heterocycles. The lowest BCUT2D eigenvalue weighted by Crippen LogP contribution is -2.30. The van der Waals surface area contributed by atoms with Gasteiger partial charge in [-0.2, -0.15) is 0 Å². The lowest BCUT2D eigenvalue weighted by molar-refractivity contribution is -0.122. The molecule has 2 aliphatic rings. The first-order chi connectivity index (χ1) is 9.59. The fraction of sp³-hybridized carbons (Fsp3) is 0.529. The Morgan fingerprint density at radius 1 is 0.950 bits per heavy atom. The Morgan fingerprint density at radius 3 is 1.90 bits per heavy atom. The van der Waals surface area contributed by atoms with Gasteiger partial charge in [-0.25, -0.2) is 0 Å². The van der Waals surface area contributed by atoms with Gasteiger partial charge in [-0.3, -0.25) is 14.5 Å². The van der Waals surface area contributed by atoms with Gasteiger partial charge in [-0.1, -0.05) is 38.8 Å². The van der Waals surface area contributed by atoms with E-state index in [9.17, 15) is 9.59 Å². The molecular formula is C17H21NO2. The summed E-state index contributed by atoms with van der Waals surface area (Å²) in [6.07, 6.45) is 3.88. The zero-order valence-corrected chi connectivity index (χ0v) is 12.1. The number of rotatable bonds is 2. The molecule has 2 fully saturated rings. The highest BCUT2D eigenvalue weighted by atomic mass is 16.2. The molecule has 0 radical (unpaired) electrons. The van der Waals surface area contributed by atoms with Crippen LogP contribution < -0.4 is 4.90 Å². The second-order valence-corrected chi connectivity index (χ2v) is 6.26. The largest absolute Gasteiger partial charge is 0.274 e. The summed E-state index contributed by atoms with van der Waals surface area (Å²) < 4.78 is 0. The Labute approximate surface area is 120 Å². The maximum atomic E-state index is 12.5. The van der Waals surface area contributed by atoms with E-state index in [1.807, 2.05) is 24.3 Å². The first-order valence-corrected chi connectivity index (χ1v) is 7.57. The minimum atomic E-state index is -0.0685. The summed E-state index contributed by atoms with van der Waals surface area (Å²) in [5, 5.41) is 0. The molecule has 0 spiro atoms. The van der Waals surface area contributed by atoms with Gasteiger partial charge in [0.15, 0.2) is 0 Å². The van der Waals surface area contributed by atoms with Crippen molar-refractivity contribution in [3.05, 3.63) is 29.8 Å². The highest BCUT2D eigenvalue weighted by Crippen LogP contribution is 2.40. The van der Waals surface area contributed by atoms with Gasteiger partial charge in [-0.05, 0) is 36.5 Å². The van der Waals surface area contributed by atoms with Gasteiger partial charge < -0.3 is 0 Å². The summed E-state index contributed by atoms with van der Waals surface area (Å²) in [6, 6.07) is 7.84. The number of carbonyl (C=O) groups is 2. The lowest BCUT2D eigenvalue weighted by atomic mass is 9.81. The number of carbonyl (C=O) groups excluding carboxylic acids is 2. The average Bonchev–Trinajstić information content (AvgIpc) is 2.72. The number of fused-ring (bicyclic) bond motifs is 1. The fourth-order valence-electron chi connectivity index (χ4n) is 3.43. The van der Waals surface area contributed by atoms with Gasteiger partial charge in [0, 0.05) is 0 Å².